The van der Waals surface area contributed by atoms with Crippen molar-refractivity contribution in [1.82, 2.24) is 10.3 Å². The van der Waals surface area contributed by atoms with E-state index in [0.29, 0.717) is 6.54 Å². The van der Waals surface area contributed by atoms with Crippen LogP contribution in [0.3, 0.4) is 0 Å². The molecule has 3 nitrogen and oxygen atoms in total. The maximum Gasteiger partial charge on any atom is 0.123 e. The Morgan fingerprint density at radius 2 is 2.00 bits per heavy atom. The maximum absolute atomic E-state index is 13.0. The van der Waals surface area contributed by atoms with Gasteiger partial charge in [0.2, 0.25) is 0 Å². The quantitative estimate of drug-likeness (QED) is 0.583. The summed E-state index contributed by atoms with van der Waals surface area (Å²) >= 11 is 0. The second kappa shape index (κ2) is 9.88. The summed E-state index contributed by atoms with van der Waals surface area (Å²) in [5, 5.41) is 9.58. The molecule has 0 aromatic heterocycles. The average Bonchev–Trinajstić information content (AvgIpc) is 2.50. The van der Waals surface area contributed by atoms with Gasteiger partial charge in [0, 0.05) is 24.9 Å². The molecule has 0 atom stereocenters. The number of benzene rings is 1. The molecule has 4 heteroatoms. The lowest BCUT2D eigenvalue weighted by Gasteiger charge is -2.22. The number of halogens is 1. The van der Waals surface area contributed by atoms with Gasteiger partial charge < -0.3 is 5.32 Å². The topological polar surface area (TPSA) is 27.6 Å². The van der Waals surface area contributed by atoms with Crippen molar-refractivity contribution in [2.75, 3.05) is 13.6 Å². The van der Waals surface area contributed by atoms with Gasteiger partial charge in [-0.1, -0.05) is 24.3 Å². The van der Waals surface area contributed by atoms with Crippen molar-refractivity contribution in [2.45, 2.75) is 26.8 Å². The summed E-state index contributed by atoms with van der Waals surface area (Å²) in [4.78, 5) is 0. The van der Waals surface area contributed by atoms with Gasteiger partial charge in [-0.2, -0.15) is 5.10 Å². The summed E-state index contributed by atoms with van der Waals surface area (Å²) in [7, 11) is 1.93. The van der Waals surface area contributed by atoms with Crippen molar-refractivity contribution in [1.29, 1.82) is 0 Å². The molecule has 1 N–H and O–H groups in total. The van der Waals surface area contributed by atoms with Gasteiger partial charge in [-0.25, -0.2) is 4.39 Å². The second-order valence-electron chi connectivity index (χ2n) is 4.61. The zero-order valence-corrected chi connectivity index (χ0v) is 13.0. The highest BCUT2D eigenvalue weighted by Crippen LogP contribution is 2.15. The first kappa shape index (κ1) is 17.1. The number of hydrogen-bond donors (Lipinski definition) is 1. The first-order chi connectivity index (χ1) is 10.2. The number of rotatable bonds is 8. The molecule has 0 heterocycles. The minimum absolute atomic E-state index is 0.218. The third-order valence-corrected chi connectivity index (χ3v) is 3.03. The van der Waals surface area contributed by atoms with Gasteiger partial charge in [-0.3, -0.25) is 5.01 Å². The summed E-state index contributed by atoms with van der Waals surface area (Å²) in [6, 6.07) is 6.54. The number of nitrogens with zero attached hydrogens (tertiary/aromatic N) is 2. The fourth-order valence-corrected chi connectivity index (χ4v) is 1.86. The molecule has 0 radical (unpaired) electrons. The summed E-state index contributed by atoms with van der Waals surface area (Å²) in [5.41, 5.74) is 2.16. The van der Waals surface area contributed by atoms with Crippen molar-refractivity contribution in [3.05, 3.63) is 59.6 Å². The molecule has 0 saturated heterocycles. The molecule has 114 valence electrons. The van der Waals surface area contributed by atoms with Crippen LogP contribution in [0.25, 0.3) is 0 Å². The van der Waals surface area contributed by atoms with Crippen LogP contribution in [-0.4, -0.2) is 24.8 Å². The van der Waals surface area contributed by atoms with Crippen molar-refractivity contribution in [3.63, 3.8) is 0 Å². The van der Waals surface area contributed by atoms with Crippen molar-refractivity contribution in [2.24, 2.45) is 5.10 Å². The van der Waals surface area contributed by atoms with E-state index in [-0.39, 0.29) is 5.82 Å². The highest BCUT2D eigenvalue weighted by molar-refractivity contribution is 5.70. The highest BCUT2D eigenvalue weighted by Gasteiger charge is 2.08. The molecular weight excluding hydrogens is 265 g/mol. The summed E-state index contributed by atoms with van der Waals surface area (Å²) in [6.45, 7) is 5.47. The Bertz CT molecular complexity index is 489. The molecule has 0 aliphatic carbocycles. The van der Waals surface area contributed by atoms with Gasteiger partial charge in [0.25, 0.3) is 0 Å². The van der Waals surface area contributed by atoms with Gasteiger partial charge >= 0.3 is 0 Å². The predicted octanol–water partition coefficient (Wildman–Crippen LogP) is 3.70. The fourth-order valence-electron chi connectivity index (χ4n) is 1.86. The number of allylic oxidation sites excluding steroid dienone is 3. The first-order valence-corrected chi connectivity index (χ1v) is 7.18. The summed E-state index contributed by atoms with van der Waals surface area (Å²) < 4.78 is 13.0. The average molecular weight is 289 g/mol. The first-order valence-electron chi connectivity index (χ1n) is 7.18. The van der Waals surface area contributed by atoms with E-state index in [0.717, 1.165) is 24.2 Å². The standard InChI is InChI=1S/C17H24FN3/c1-4-6-12-20-21(17(5-2)11-13-19-3)14-15-7-9-16(18)10-8-15/h4-10,12,19H,11,13-14H2,1-3H3/b6-4+,17-5+,20-12+. The van der Waals surface area contributed by atoms with Crippen molar-refractivity contribution >= 4 is 6.21 Å². The molecule has 1 rings (SSSR count). The van der Waals surface area contributed by atoms with E-state index in [4.69, 9.17) is 0 Å². The minimum Gasteiger partial charge on any atom is -0.319 e. The molecule has 1 aromatic rings. The Labute approximate surface area is 126 Å². The lowest BCUT2D eigenvalue weighted by atomic mass is 10.2. The zero-order valence-electron chi connectivity index (χ0n) is 13.0. The molecule has 0 saturated carbocycles. The largest absolute Gasteiger partial charge is 0.319 e. The highest BCUT2D eigenvalue weighted by atomic mass is 19.1. The molecule has 0 aliphatic heterocycles. The van der Waals surface area contributed by atoms with Crippen LogP contribution < -0.4 is 5.32 Å². The van der Waals surface area contributed by atoms with E-state index in [1.165, 1.54) is 12.1 Å². The Morgan fingerprint density at radius 3 is 2.57 bits per heavy atom. The van der Waals surface area contributed by atoms with E-state index in [1.807, 2.05) is 38.1 Å². The Balaban J connectivity index is 2.87. The SMILES string of the molecule is C/C=C/C=N/N(Cc1ccc(F)cc1)/C(=C/C)CCNC. The lowest BCUT2D eigenvalue weighted by Crippen LogP contribution is -2.20. The summed E-state index contributed by atoms with van der Waals surface area (Å²) in [5.74, 6) is -0.218. The third-order valence-electron chi connectivity index (χ3n) is 3.03. The maximum atomic E-state index is 13.0. The third kappa shape index (κ3) is 6.36. The van der Waals surface area contributed by atoms with Crippen LogP contribution in [0.1, 0.15) is 25.8 Å². The smallest absolute Gasteiger partial charge is 0.123 e. The lowest BCUT2D eigenvalue weighted by molar-refractivity contribution is 0.343. The zero-order chi connectivity index (χ0) is 15.5. The fraction of sp³-hybridized carbons (Fsp3) is 0.353. The predicted molar refractivity (Wildman–Crippen MR) is 87.5 cm³/mol. The molecule has 21 heavy (non-hydrogen) atoms. The van der Waals surface area contributed by atoms with Gasteiger partial charge in [-0.05, 0) is 44.7 Å². The van der Waals surface area contributed by atoms with Gasteiger partial charge in [-0.15, -0.1) is 0 Å². The van der Waals surface area contributed by atoms with Crippen molar-refractivity contribution in [3.8, 4) is 0 Å². The van der Waals surface area contributed by atoms with Crippen LogP contribution >= 0.6 is 0 Å². The Kier molecular flexibility index (Phi) is 8.05. The van der Waals surface area contributed by atoms with Crippen LogP contribution in [0.4, 0.5) is 4.39 Å². The van der Waals surface area contributed by atoms with Crippen LogP contribution in [-0.2, 0) is 6.54 Å². The minimum atomic E-state index is -0.218. The van der Waals surface area contributed by atoms with E-state index < -0.39 is 0 Å². The van der Waals surface area contributed by atoms with Crippen LogP contribution in [0.2, 0.25) is 0 Å². The Hall–Kier alpha value is -1.94. The molecule has 0 unspecified atom stereocenters. The molecule has 0 fully saturated rings. The van der Waals surface area contributed by atoms with Gasteiger partial charge in [0.15, 0.2) is 0 Å². The molecule has 0 amide bonds. The van der Waals surface area contributed by atoms with E-state index >= 15 is 0 Å². The van der Waals surface area contributed by atoms with E-state index in [9.17, 15) is 4.39 Å². The van der Waals surface area contributed by atoms with Crippen LogP contribution in [0.5, 0.6) is 0 Å². The number of hydrogen-bond acceptors (Lipinski definition) is 3. The summed E-state index contributed by atoms with van der Waals surface area (Å²) in [6.07, 6.45) is 8.55. The Morgan fingerprint density at radius 1 is 1.29 bits per heavy atom. The molecule has 0 spiro atoms. The molecule has 0 aliphatic rings. The normalized spacial score (nSPS) is 12.5. The molecule has 1 aromatic carbocycles. The second-order valence-corrected chi connectivity index (χ2v) is 4.61. The van der Waals surface area contributed by atoms with E-state index in [2.05, 4.69) is 16.5 Å². The molecular formula is C17H24FN3. The molecule has 0 bridgehead atoms. The van der Waals surface area contributed by atoms with Crippen molar-refractivity contribution < 1.29 is 4.39 Å². The van der Waals surface area contributed by atoms with E-state index in [1.54, 1.807) is 18.3 Å². The number of hydrazone groups is 1. The van der Waals surface area contributed by atoms with Crippen LogP contribution in [0.15, 0.2) is 53.3 Å². The van der Waals surface area contributed by atoms with Gasteiger partial charge in [0.1, 0.15) is 5.82 Å². The van der Waals surface area contributed by atoms with Gasteiger partial charge in [0.05, 0.1) is 6.54 Å². The monoisotopic (exact) mass is 289 g/mol. The number of nitrogens with one attached hydrogen (secondary N) is 1. The van der Waals surface area contributed by atoms with Crippen LogP contribution in [0, 0.1) is 5.82 Å².